The molecule has 0 saturated heterocycles. The Kier molecular flexibility index (Phi) is 48.8. The first kappa shape index (κ1) is 9.01. The monoisotopic (exact) mass is 111 g/mol. The molecule has 0 aliphatic carbocycles. The van der Waals surface area contributed by atoms with Crippen LogP contribution in [0.25, 0.3) is 0 Å². The third-order valence-corrected chi connectivity index (χ3v) is 0. The van der Waals surface area contributed by atoms with Crippen LogP contribution in [0, 0.1) is 6.92 Å². The van der Waals surface area contributed by atoms with E-state index in [2.05, 4.69) is 6.92 Å². The van der Waals surface area contributed by atoms with Gasteiger partial charge in [0.2, 0.25) is 0 Å². The van der Waals surface area contributed by atoms with E-state index in [0.29, 0.717) is 0 Å². The first-order chi connectivity index (χ1) is 2.41. The van der Waals surface area contributed by atoms with Crippen LogP contribution in [0.4, 0.5) is 0 Å². The van der Waals surface area contributed by atoms with Crippen molar-refractivity contribution in [2.24, 2.45) is 0 Å². The second kappa shape index (κ2) is 27.1. The molecule has 0 aromatic carbocycles. The van der Waals surface area contributed by atoms with Gasteiger partial charge in [-0.25, -0.2) is 0 Å². The Hall–Kier alpha value is 0.332. The van der Waals surface area contributed by atoms with Crippen LogP contribution in [0.2, 0.25) is 0 Å². The summed E-state index contributed by atoms with van der Waals surface area (Å²) in [5.74, 6) is 0. The van der Waals surface area contributed by atoms with Gasteiger partial charge in [-0.05, 0) is 0 Å². The third kappa shape index (κ3) is 213. The first-order valence-corrected chi connectivity index (χ1v) is 1.89. The summed E-state index contributed by atoms with van der Waals surface area (Å²) in [6.45, 7) is 5.50. The Balaban J connectivity index is 0. The van der Waals surface area contributed by atoms with Crippen molar-refractivity contribution in [3.05, 3.63) is 6.92 Å². The first-order valence-electron chi connectivity index (χ1n) is 1.37. The van der Waals surface area contributed by atoms with E-state index in [1.54, 1.807) is 0 Å². The van der Waals surface area contributed by atoms with Crippen LogP contribution < -0.4 is 0 Å². The topological polar surface area (TPSA) is 17.1 Å². The van der Waals surface area contributed by atoms with E-state index in [0.717, 1.165) is 6.42 Å². The fourth-order valence-electron chi connectivity index (χ4n) is 0. The summed E-state index contributed by atoms with van der Waals surface area (Å²) in [5, 5.41) is 0. The van der Waals surface area contributed by atoms with Gasteiger partial charge in [-0.2, -0.15) is 6.42 Å². The maximum atomic E-state index is 8.12. The Morgan fingerprint density at radius 3 is 1.80 bits per heavy atom. The van der Waals surface area contributed by atoms with Gasteiger partial charge in [0.1, 0.15) is 0 Å². The van der Waals surface area contributed by atoms with Crippen molar-refractivity contribution in [3.63, 3.8) is 0 Å². The minimum absolute atomic E-state index is 1.00. The van der Waals surface area contributed by atoms with E-state index in [-0.39, 0.29) is 0 Å². The van der Waals surface area contributed by atoms with Crippen LogP contribution in [0.1, 0.15) is 13.3 Å². The van der Waals surface area contributed by atoms with Crippen molar-refractivity contribution < 1.29 is 20.0 Å². The number of rotatable bonds is 0. The number of hydrogen-bond acceptors (Lipinski definition) is 1. The molecule has 0 N–H and O–H groups in total. The molecule has 0 aliphatic heterocycles. The molecule has 0 fully saturated rings. The molecule has 0 heterocycles. The molecular weight excluding hydrogens is 104 g/mol. The van der Waals surface area contributed by atoms with Crippen LogP contribution >= 0.6 is 0 Å². The van der Waals surface area contributed by atoms with E-state index in [9.17, 15) is 0 Å². The molecule has 0 aromatic rings. The van der Waals surface area contributed by atoms with Gasteiger partial charge in [-0.3, -0.25) is 0 Å². The fraction of sp³-hybridized carbons (Fsp3) is 0.667. The molecule has 0 unspecified atom stereocenters. The Bertz CT molecular complexity index is 10.9. The summed E-state index contributed by atoms with van der Waals surface area (Å²) in [6.07, 6.45) is 1.00. The SMILES string of the molecule is [CH2-]CC.[O]=[Cr]. The Morgan fingerprint density at radius 2 is 1.80 bits per heavy atom. The molecule has 0 atom stereocenters. The van der Waals surface area contributed by atoms with Crippen molar-refractivity contribution in [3.8, 4) is 0 Å². The zero-order valence-electron chi connectivity index (χ0n) is 3.23. The van der Waals surface area contributed by atoms with E-state index in [4.69, 9.17) is 3.80 Å². The molecule has 1 nitrogen and oxygen atoms in total. The van der Waals surface area contributed by atoms with Crippen molar-refractivity contribution >= 4 is 0 Å². The van der Waals surface area contributed by atoms with E-state index < -0.39 is 0 Å². The number of hydrogen-bond donors (Lipinski definition) is 0. The van der Waals surface area contributed by atoms with Gasteiger partial charge in [-0.15, -0.1) is 0 Å². The molecule has 5 heavy (non-hydrogen) atoms. The Labute approximate surface area is 41.0 Å². The maximum absolute atomic E-state index is 8.12. The molecule has 32 valence electrons. The normalized spacial score (nSPS) is 4.40. The molecule has 0 spiro atoms. The standard InChI is InChI=1S/C3H7.Cr.O/c1-3-2;;/h1,3H2,2H3;;/q-1;;. The van der Waals surface area contributed by atoms with Crippen LogP contribution in [0.3, 0.4) is 0 Å². The summed E-state index contributed by atoms with van der Waals surface area (Å²) >= 11 is 1.38. The van der Waals surface area contributed by atoms with Gasteiger partial charge in [0.25, 0.3) is 0 Å². The average Bonchev–Trinajstić information content (AvgIpc) is 1.46. The summed E-state index contributed by atoms with van der Waals surface area (Å²) in [6, 6.07) is 0. The summed E-state index contributed by atoms with van der Waals surface area (Å²) in [7, 11) is 0. The molecule has 0 aliphatic rings. The second-order valence-corrected chi connectivity index (χ2v) is 0.500. The molecule has 0 radical (unpaired) electrons. The van der Waals surface area contributed by atoms with Crippen LogP contribution in [0.15, 0.2) is 0 Å². The minimum atomic E-state index is 1.00. The average molecular weight is 111 g/mol. The van der Waals surface area contributed by atoms with Gasteiger partial charge in [-0.1, -0.05) is 6.92 Å². The molecule has 0 rings (SSSR count). The fourth-order valence-corrected chi connectivity index (χ4v) is 0. The Morgan fingerprint density at radius 1 is 1.80 bits per heavy atom. The van der Waals surface area contributed by atoms with E-state index in [1.165, 1.54) is 16.2 Å². The zero-order valence-corrected chi connectivity index (χ0v) is 4.51. The summed E-state index contributed by atoms with van der Waals surface area (Å²) < 4.78 is 8.12. The third-order valence-electron chi connectivity index (χ3n) is 0. The van der Waals surface area contributed by atoms with Crippen molar-refractivity contribution in [1.29, 1.82) is 0 Å². The van der Waals surface area contributed by atoms with Gasteiger partial charge in [0, 0.05) is 0 Å². The summed E-state index contributed by atoms with van der Waals surface area (Å²) in [5.41, 5.74) is 0. The molecule has 2 heteroatoms. The molecular formula is C3H7CrO-. The second-order valence-electron chi connectivity index (χ2n) is 0.500. The van der Waals surface area contributed by atoms with Gasteiger partial charge >= 0.3 is 20.0 Å². The van der Waals surface area contributed by atoms with Crippen LogP contribution in [-0.4, -0.2) is 0 Å². The van der Waals surface area contributed by atoms with Crippen LogP contribution in [-0.2, 0) is 20.0 Å². The molecule has 0 amide bonds. The van der Waals surface area contributed by atoms with Crippen molar-refractivity contribution in [1.82, 2.24) is 0 Å². The van der Waals surface area contributed by atoms with Crippen LogP contribution in [0.5, 0.6) is 0 Å². The van der Waals surface area contributed by atoms with E-state index >= 15 is 0 Å². The quantitative estimate of drug-likeness (QED) is 0.428. The van der Waals surface area contributed by atoms with Gasteiger partial charge in [0.15, 0.2) is 0 Å². The predicted molar refractivity (Wildman–Crippen MR) is 16.3 cm³/mol. The van der Waals surface area contributed by atoms with Gasteiger partial charge in [0.05, 0.1) is 0 Å². The molecule has 0 bridgehead atoms. The van der Waals surface area contributed by atoms with Crippen molar-refractivity contribution in [2.45, 2.75) is 13.3 Å². The summed E-state index contributed by atoms with van der Waals surface area (Å²) in [4.78, 5) is 0. The molecule has 0 saturated carbocycles. The molecule has 0 aromatic heterocycles. The predicted octanol–water partition coefficient (Wildman–Crippen LogP) is 1.11. The van der Waals surface area contributed by atoms with Crippen molar-refractivity contribution in [2.75, 3.05) is 0 Å². The van der Waals surface area contributed by atoms with Gasteiger partial charge < -0.3 is 6.92 Å². The zero-order chi connectivity index (χ0) is 4.71. The van der Waals surface area contributed by atoms with E-state index in [1.807, 2.05) is 6.92 Å².